The van der Waals surface area contributed by atoms with Gasteiger partial charge in [0.15, 0.2) is 16.1 Å². The average Bonchev–Trinajstić information content (AvgIpc) is 2.99. The highest BCUT2D eigenvalue weighted by Crippen LogP contribution is 2.35. The first-order chi connectivity index (χ1) is 11.4. The Morgan fingerprint density at radius 2 is 1.50 bits per heavy atom. The zero-order chi connectivity index (χ0) is 17.3. The molecule has 3 rings (SSSR count). The Balaban J connectivity index is 2.14. The van der Waals surface area contributed by atoms with Crippen LogP contribution in [0.5, 0.6) is 0 Å². The maximum absolute atomic E-state index is 11.6. The normalized spacial score (nSPS) is 11.4. The van der Waals surface area contributed by atoms with Crippen LogP contribution in [0.1, 0.15) is 16.1 Å². The standard InChI is InChI=1S/C19H17NO3S/c1-13-3-5-15(6-4-13)19-17(11-20-18(19)12-21)14-7-9-16(10-8-14)24(2,22)23/h3-12,20H,1-2H3. The van der Waals surface area contributed by atoms with Gasteiger partial charge in [-0.3, -0.25) is 4.79 Å². The Kier molecular flexibility index (Phi) is 4.11. The summed E-state index contributed by atoms with van der Waals surface area (Å²) in [6.07, 6.45) is 3.75. The third-order valence-corrected chi connectivity index (χ3v) is 5.09. The summed E-state index contributed by atoms with van der Waals surface area (Å²) < 4.78 is 23.2. The second-order valence-electron chi connectivity index (χ2n) is 5.77. The molecular weight excluding hydrogens is 322 g/mol. The number of aromatic amines is 1. The zero-order valence-electron chi connectivity index (χ0n) is 13.4. The Hall–Kier alpha value is -2.66. The van der Waals surface area contributed by atoms with Gasteiger partial charge in [0.05, 0.1) is 10.6 Å². The van der Waals surface area contributed by atoms with E-state index in [4.69, 9.17) is 0 Å². The molecule has 1 heterocycles. The fraction of sp³-hybridized carbons (Fsp3) is 0.105. The Morgan fingerprint density at radius 3 is 2.04 bits per heavy atom. The van der Waals surface area contributed by atoms with Gasteiger partial charge < -0.3 is 4.98 Å². The molecule has 2 aromatic carbocycles. The number of benzene rings is 2. The van der Waals surface area contributed by atoms with Gasteiger partial charge in [-0.1, -0.05) is 42.0 Å². The molecule has 0 unspecified atom stereocenters. The van der Waals surface area contributed by atoms with Crippen LogP contribution in [0.15, 0.2) is 59.6 Å². The molecule has 4 nitrogen and oxygen atoms in total. The molecule has 0 amide bonds. The van der Waals surface area contributed by atoms with Gasteiger partial charge in [0.2, 0.25) is 0 Å². The number of hydrogen-bond acceptors (Lipinski definition) is 3. The van der Waals surface area contributed by atoms with Crippen molar-refractivity contribution in [1.29, 1.82) is 0 Å². The number of carbonyl (C=O) groups excluding carboxylic acids is 1. The Morgan fingerprint density at radius 1 is 0.917 bits per heavy atom. The smallest absolute Gasteiger partial charge is 0.175 e. The van der Waals surface area contributed by atoms with Crippen LogP contribution >= 0.6 is 0 Å². The fourth-order valence-electron chi connectivity index (χ4n) is 2.67. The van der Waals surface area contributed by atoms with Gasteiger partial charge in [-0.2, -0.15) is 0 Å². The maximum Gasteiger partial charge on any atom is 0.175 e. The monoisotopic (exact) mass is 339 g/mol. The summed E-state index contributed by atoms with van der Waals surface area (Å²) in [5.74, 6) is 0. The minimum Gasteiger partial charge on any atom is -0.358 e. The Bertz CT molecular complexity index is 982. The van der Waals surface area contributed by atoms with Gasteiger partial charge in [0.1, 0.15) is 0 Å². The highest BCUT2D eigenvalue weighted by molar-refractivity contribution is 7.90. The van der Waals surface area contributed by atoms with E-state index in [9.17, 15) is 13.2 Å². The van der Waals surface area contributed by atoms with E-state index in [2.05, 4.69) is 4.98 Å². The van der Waals surface area contributed by atoms with Crippen LogP contribution < -0.4 is 0 Å². The molecule has 0 aliphatic rings. The van der Waals surface area contributed by atoms with Crippen LogP contribution in [0, 0.1) is 6.92 Å². The molecule has 0 bridgehead atoms. The maximum atomic E-state index is 11.6. The number of aldehydes is 1. The SMILES string of the molecule is Cc1ccc(-c2c(-c3ccc(S(C)(=O)=O)cc3)c[nH]c2C=O)cc1. The zero-order valence-corrected chi connectivity index (χ0v) is 14.2. The third-order valence-electron chi connectivity index (χ3n) is 3.96. The lowest BCUT2D eigenvalue weighted by Crippen LogP contribution is -1.96. The number of nitrogens with one attached hydrogen (secondary N) is 1. The quantitative estimate of drug-likeness (QED) is 0.734. The molecular formula is C19H17NO3S. The van der Waals surface area contributed by atoms with E-state index in [0.717, 1.165) is 34.1 Å². The molecule has 0 saturated heterocycles. The summed E-state index contributed by atoms with van der Waals surface area (Å²) >= 11 is 0. The number of sulfone groups is 1. The molecule has 122 valence electrons. The van der Waals surface area contributed by atoms with Crippen LogP contribution in [0.4, 0.5) is 0 Å². The predicted octanol–water partition coefficient (Wildman–Crippen LogP) is 3.87. The van der Waals surface area contributed by atoms with Crippen molar-refractivity contribution in [3.05, 3.63) is 66.0 Å². The van der Waals surface area contributed by atoms with Gasteiger partial charge in [-0.15, -0.1) is 0 Å². The van der Waals surface area contributed by atoms with Crippen molar-refractivity contribution in [2.24, 2.45) is 0 Å². The number of H-pyrrole nitrogens is 1. The fourth-order valence-corrected chi connectivity index (χ4v) is 3.30. The average molecular weight is 339 g/mol. The molecule has 3 aromatic rings. The van der Waals surface area contributed by atoms with Gasteiger partial charge in [-0.05, 0) is 30.2 Å². The summed E-state index contributed by atoms with van der Waals surface area (Å²) in [6.45, 7) is 2.01. The summed E-state index contributed by atoms with van der Waals surface area (Å²) in [6, 6.07) is 14.6. The van der Waals surface area contributed by atoms with E-state index in [0.29, 0.717) is 5.69 Å². The van der Waals surface area contributed by atoms with E-state index in [1.165, 1.54) is 6.26 Å². The summed E-state index contributed by atoms with van der Waals surface area (Å²) in [7, 11) is -3.23. The van der Waals surface area contributed by atoms with E-state index in [-0.39, 0.29) is 4.90 Å². The molecule has 1 N–H and O–H groups in total. The third kappa shape index (κ3) is 3.03. The second kappa shape index (κ2) is 6.09. The number of aryl methyl sites for hydroxylation is 1. The molecule has 0 aliphatic carbocycles. The summed E-state index contributed by atoms with van der Waals surface area (Å²) in [4.78, 5) is 14.7. The highest BCUT2D eigenvalue weighted by atomic mass is 32.2. The topological polar surface area (TPSA) is 67.0 Å². The van der Waals surface area contributed by atoms with Crippen LogP contribution in [-0.2, 0) is 9.84 Å². The largest absolute Gasteiger partial charge is 0.358 e. The molecule has 0 saturated carbocycles. The molecule has 0 radical (unpaired) electrons. The first-order valence-corrected chi connectivity index (χ1v) is 9.33. The lowest BCUT2D eigenvalue weighted by atomic mass is 9.96. The highest BCUT2D eigenvalue weighted by Gasteiger charge is 2.15. The first kappa shape index (κ1) is 16.2. The number of rotatable bonds is 4. The minimum absolute atomic E-state index is 0.272. The van der Waals surface area contributed by atoms with Gasteiger partial charge in [-0.25, -0.2) is 8.42 Å². The predicted molar refractivity (Wildman–Crippen MR) is 94.9 cm³/mol. The summed E-state index contributed by atoms with van der Waals surface area (Å²) in [5, 5.41) is 0. The molecule has 24 heavy (non-hydrogen) atoms. The van der Waals surface area contributed by atoms with Crippen molar-refractivity contribution >= 4 is 16.1 Å². The molecule has 1 aromatic heterocycles. The van der Waals surface area contributed by atoms with Crippen LogP contribution in [0.3, 0.4) is 0 Å². The van der Waals surface area contributed by atoms with Gasteiger partial charge in [0, 0.05) is 23.6 Å². The Labute approximate surface area is 141 Å². The summed E-state index contributed by atoms with van der Waals surface area (Å²) in [5.41, 5.74) is 5.11. The van der Waals surface area contributed by atoms with Crippen LogP contribution in [0.2, 0.25) is 0 Å². The molecule has 0 aliphatic heterocycles. The molecule has 0 spiro atoms. The van der Waals surface area contributed by atoms with Crippen molar-refractivity contribution < 1.29 is 13.2 Å². The second-order valence-corrected chi connectivity index (χ2v) is 7.79. The van der Waals surface area contributed by atoms with Gasteiger partial charge >= 0.3 is 0 Å². The van der Waals surface area contributed by atoms with Crippen molar-refractivity contribution in [1.82, 2.24) is 4.98 Å². The van der Waals surface area contributed by atoms with Crippen molar-refractivity contribution in [2.75, 3.05) is 6.26 Å². The van der Waals surface area contributed by atoms with E-state index in [1.807, 2.05) is 31.2 Å². The molecule has 5 heteroatoms. The van der Waals surface area contributed by atoms with E-state index < -0.39 is 9.84 Å². The van der Waals surface area contributed by atoms with E-state index >= 15 is 0 Å². The number of aromatic nitrogens is 1. The van der Waals surface area contributed by atoms with Crippen molar-refractivity contribution in [3.8, 4) is 22.3 Å². The lowest BCUT2D eigenvalue weighted by Gasteiger charge is -2.07. The van der Waals surface area contributed by atoms with Crippen molar-refractivity contribution in [2.45, 2.75) is 11.8 Å². The number of carbonyl (C=O) groups is 1. The van der Waals surface area contributed by atoms with E-state index in [1.54, 1.807) is 30.5 Å². The number of hydrogen-bond donors (Lipinski definition) is 1. The van der Waals surface area contributed by atoms with Crippen LogP contribution in [-0.4, -0.2) is 25.9 Å². The minimum atomic E-state index is -3.23. The lowest BCUT2D eigenvalue weighted by molar-refractivity contribution is 0.112. The molecule has 0 fully saturated rings. The molecule has 0 atom stereocenters. The first-order valence-electron chi connectivity index (χ1n) is 7.44. The van der Waals surface area contributed by atoms with Crippen LogP contribution in [0.25, 0.3) is 22.3 Å². The van der Waals surface area contributed by atoms with Gasteiger partial charge in [0.25, 0.3) is 0 Å². The van der Waals surface area contributed by atoms with Crippen molar-refractivity contribution in [3.63, 3.8) is 0 Å².